The minimum absolute atomic E-state index is 0.0965. The van der Waals surface area contributed by atoms with Gasteiger partial charge in [-0.2, -0.15) is 0 Å². The van der Waals surface area contributed by atoms with Gasteiger partial charge in [-0.05, 0) is 92.8 Å². The SMILES string of the molecule is Cc1cc(C)c(NC(=O)COc2ccc(/C=C3\SC(=S)N(c4ccc(C)c(C)c4)C3=O)cc2)c(C)c1. The number of hydrogen-bond acceptors (Lipinski definition) is 5. The van der Waals surface area contributed by atoms with E-state index in [9.17, 15) is 9.59 Å². The number of ether oxygens (including phenoxy) is 1. The molecular formula is C29H28N2O3S2. The first-order chi connectivity index (χ1) is 17.1. The molecule has 0 unspecified atom stereocenters. The molecule has 1 N–H and O–H groups in total. The molecule has 1 aliphatic heterocycles. The maximum atomic E-state index is 13.1. The van der Waals surface area contributed by atoms with Gasteiger partial charge in [0.15, 0.2) is 10.9 Å². The number of amides is 2. The fourth-order valence-electron chi connectivity index (χ4n) is 4.07. The molecule has 0 saturated carbocycles. The second-order valence-electron chi connectivity index (χ2n) is 8.97. The molecule has 0 radical (unpaired) electrons. The minimum atomic E-state index is -0.218. The number of benzene rings is 3. The van der Waals surface area contributed by atoms with Gasteiger partial charge in [-0.15, -0.1) is 0 Å². The van der Waals surface area contributed by atoms with Crippen LogP contribution in [-0.4, -0.2) is 22.7 Å². The summed E-state index contributed by atoms with van der Waals surface area (Å²) < 4.78 is 6.18. The standard InChI is InChI=1S/C29H28N2O3S2/c1-17-12-20(4)27(21(5)13-17)30-26(32)16-34-24-10-7-22(8-11-24)15-25-28(33)31(29(35)36-25)23-9-6-18(2)19(3)14-23/h6-15H,16H2,1-5H3,(H,30,32)/b25-15-. The monoisotopic (exact) mass is 516 g/mol. The molecule has 0 aromatic heterocycles. The van der Waals surface area contributed by atoms with Crippen LogP contribution < -0.4 is 15.0 Å². The van der Waals surface area contributed by atoms with Crippen LogP contribution in [0.15, 0.2) is 59.5 Å². The van der Waals surface area contributed by atoms with Crippen molar-refractivity contribution in [1.82, 2.24) is 0 Å². The molecule has 36 heavy (non-hydrogen) atoms. The van der Waals surface area contributed by atoms with Crippen LogP contribution in [0.2, 0.25) is 0 Å². The Morgan fingerprint density at radius 3 is 2.25 bits per heavy atom. The van der Waals surface area contributed by atoms with Crippen LogP contribution in [0.4, 0.5) is 11.4 Å². The number of anilines is 2. The number of rotatable bonds is 6. The number of aryl methyl sites for hydroxylation is 5. The molecule has 1 heterocycles. The van der Waals surface area contributed by atoms with Crippen molar-refractivity contribution in [2.24, 2.45) is 0 Å². The van der Waals surface area contributed by atoms with Gasteiger partial charge in [0.05, 0.1) is 10.6 Å². The van der Waals surface area contributed by atoms with Crippen molar-refractivity contribution >= 4 is 57.6 Å². The molecule has 184 valence electrons. The fourth-order valence-corrected chi connectivity index (χ4v) is 5.37. The van der Waals surface area contributed by atoms with E-state index in [1.807, 2.05) is 83.2 Å². The summed E-state index contributed by atoms with van der Waals surface area (Å²) in [5.74, 6) is 0.221. The molecular weight excluding hydrogens is 488 g/mol. The predicted octanol–water partition coefficient (Wildman–Crippen LogP) is 6.65. The maximum absolute atomic E-state index is 13.1. The molecule has 2 amide bonds. The number of thiocarbonyl (C=S) groups is 1. The summed E-state index contributed by atoms with van der Waals surface area (Å²) in [4.78, 5) is 27.6. The average molecular weight is 517 g/mol. The molecule has 5 nitrogen and oxygen atoms in total. The lowest BCUT2D eigenvalue weighted by atomic mass is 10.1. The van der Waals surface area contributed by atoms with Crippen molar-refractivity contribution in [3.63, 3.8) is 0 Å². The van der Waals surface area contributed by atoms with Gasteiger partial charge in [0.1, 0.15) is 5.75 Å². The van der Waals surface area contributed by atoms with Crippen LogP contribution in [0, 0.1) is 34.6 Å². The van der Waals surface area contributed by atoms with E-state index in [2.05, 4.69) is 5.32 Å². The molecule has 3 aromatic carbocycles. The Morgan fingerprint density at radius 2 is 1.61 bits per heavy atom. The second-order valence-corrected chi connectivity index (χ2v) is 10.6. The summed E-state index contributed by atoms with van der Waals surface area (Å²) >= 11 is 6.78. The van der Waals surface area contributed by atoms with Crippen LogP contribution in [0.5, 0.6) is 5.75 Å². The van der Waals surface area contributed by atoms with Gasteiger partial charge in [0.25, 0.3) is 11.8 Å². The van der Waals surface area contributed by atoms with Crippen molar-refractivity contribution < 1.29 is 14.3 Å². The highest BCUT2D eigenvalue weighted by atomic mass is 32.2. The Labute approximate surface area is 221 Å². The van der Waals surface area contributed by atoms with Crippen LogP contribution in [0.3, 0.4) is 0 Å². The zero-order chi connectivity index (χ0) is 26.0. The summed E-state index contributed by atoms with van der Waals surface area (Å²) in [5.41, 5.74) is 7.93. The molecule has 7 heteroatoms. The van der Waals surface area contributed by atoms with Gasteiger partial charge in [0, 0.05) is 5.69 Å². The lowest BCUT2D eigenvalue weighted by molar-refractivity contribution is -0.118. The third kappa shape index (κ3) is 5.69. The highest BCUT2D eigenvalue weighted by molar-refractivity contribution is 8.27. The Kier molecular flexibility index (Phi) is 7.62. The third-order valence-electron chi connectivity index (χ3n) is 6.03. The molecule has 0 bridgehead atoms. The Morgan fingerprint density at radius 1 is 0.944 bits per heavy atom. The second kappa shape index (κ2) is 10.7. The third-order valence-corrected chi connectivity index (χ3v) is 7.33. The lowest BCUT2D eigenvalue weighted by Gasteiger charge is -2.15. The largest absolute Gasteiger partial charge is 0.484 e. The van der Waals surface area contributed by atoms with Crippen LogP contribution in [-0.2, 0) is 9.59 Å². The normalized spacial score (nSPS) is 14.5. The first-order valence-corrected chi connectivity index (χ1v) is 12.8. The minimum Gasteiger partial charge on any atom is -0.484 e. The van der Waals surface area contributed by atoms with Gasteiger partial charge in [-0.3, -0.25) is 14.5 Å². The highest BCUT2D eigenvalue weighted by Gasteiger charge is 2.33. The van der Waals surface area contributed by atoms with Crippen LogP contribution in [0.25, 0.3) is 6.08 Å². The first kappa shape index (κ1) is 25.7. The number of carbonyl (C=O) groups is 2. The Bertz CT molecular complexity index is 1370. The molecule has 0 spiro atoms. The van der Waals surface area contributed by atoms with Gasteiger partial charge in [0.2, 0.25) is 0 Å². The highest BCUT2D eigenvalue weighted by Crippen LogP contribution is 2.36. The number of carbonyl (C=O) groups excluding carboxylic acids is 2. The molecule has 1 fully saturated rings. The summed E-state index contributed by atoms with van der Waals surface area (Å²) in [6, 6.07) is 17.2. The smallest absolute Gasteiger partial charge is 0.270 e. The lowest BCUT2D eigenvalue weighted by Crippen LogP contribution is -2.27. The van der Waals surface area contributed by atoms with E-state index in [1.54, 1.807) is 17.0 Å². The average Bonchev–Trinajstić information content (AvgIpc) is 3.10. The van der Waals surface area contributed by atoms with Crippen molar-refractivity contribution in [1.29, 1.82) is 0 Å². The Balaban J connectivity index is 1.39. The zero-order valence-corrected chi connectivity index (χ0v) is 22.6. The van der Waals surface area contributed by atoms with E-state index in [4.69, 9.17) is 17.0 Å². The fraction of sp³-hybridized carbons (Fsp3) is 0.207. The number of hydrogen-bond donors (Lipinski definition) is 1. The topological polar surface area (TPSA) is 58.6 Å². The number of nitrogens with zero attached hydrogens (tertiary/aromatic N) is 1. The van der Waals surface area contributed by atoms with Crippen molar-refractivity contribution in [2.75, 3.05) is 16.8 Å². The van der Waals surface area contributed by atoms with E-state index in [1.165, 1.54) is 17.3 Å². The van der Waals surface area contributed by atoms with E-state index >= 15 is 0 Å². The van der Waals surface area contributed by atoms with E-state index in [0.717, 1.165) is 39.2 Å². The van der Waals surface area contributed by atoms with Gasteiger partial charge in [-0.25, -0.2) is 0 Å². The van der Waals surface area contributed by atoms with E-state index < -0.39 is 0 Å². The molecule has 1 saturated heterocycles. The Hall–Kier alpha value is -3.42. The maximum Gasteiger partial charge on any atom is 0.270 e. The van der Waals surface area contributed by atoms with Gasteiger partial charge in [-0.1, -0.05) is 59.9 Å². The van der Waals surface area contributed by atoms with E-state index in [0.29, 0.717) is 15.0 Å². The zero-order valence-electron chi connectivity index (χ0n) is 21.0. The van der Waals surface area contributed by atoms with Gasteiger partial charge >= 0.3 is 0 Å². The first-order valence-electron chi connectivity index (χ1n) is 11.6. The van der Waals surface area contributed by atoms with Crippen LogP contribution >= 0.6 is 24.0 Å². The summed E-state index contributed by atoms with van der Waals surface area (Å²) in [7, 11) is 0. The summed E-state index contributed by atoms with van der Waals surface area (Å²) in [6.07, 6.45) is 1.82. The number of nitrogens with one attached hydrogen (secondary N) is 1. The van der Waals surface area contributed by atoms with Crippen molar-refractivity contribution in [3.05, 3.63) is 92.9 Å². The molecule has 0 aliphatic carbocycles. The van der Waals surface area contributed by atoms with Crippen molar-refractivity contribution in [2.45, 2.75) is 34.6 Å². The molecule has 4 rings (SSSR count). The predicted molar refractivity (Wildman–Crippen MR) is 153 cm³/mol. The molecule has 1 aliphatic rings. The van der Waals surface area contributed by atoms with Gasteiger partial charge < -0.3 is 10.1 Å². The molecule has 0 atom stereocenters. The van der Waals surface area contributed by atoms with Crippen LogP contribution in [0.1, 0.15) is 33.4 Å². The summed E-state index contributed by atoms with van der Waals surface area (Å²) in [5, 5.41) is 2.94. The van der Waals surface area contributed by atoms with Crippen molar-refractivity contribution in [3.8, 4) is 5.75 Å². The summed E-state index contributed by atoms with van der Waals surface area (Å²) in [6.45, 7) is 9.94. The molecule has 3 aromatic rings. The van der Waals surface area contributed by atoms with E-state index in [-0.39, 0.29) is 18.4 Å². The number of thioether (sulfide) groups is 1. The quantitative estimate of drug-likeness (QED) is 0.294.